The van der Waals surface area contributed by atoms with E-state index in [2.05, 4.69) is 97.0 Å². The lowest BCUT2D eigenvalue weighted by Gasteiger charge is -2.28. The molecular formula is C22H23O2P. The van der Waals surface area contributed by atoms with E-state index in [9.17, 15) is 0 Å². The molecule has 0 aromatic heterocycles. The molecule has 0 spiro atoms. The van der Waals surface area contributed by atoms with Gasteiger partial charge in [-0.3, -0.25) is 0 Å². The van der Waals surface area contributed by atoms with Crippen molar-refractivity contribution in [3.8, 4) is 0 Å². The summed E-state index contributed by atoms with van der Waals surface area (Å²) in [5.41, 5.74) is 0. The van der Waals surface area contributed by atoms with Crippen LogP contribution in [0.3, 0.4) is 0 Å². The van der Waals surface area contributed by atoms with E-state index in [0.717, 1.165) is 0 Å². The first kappa shape index (κ1) is 17.7. The second-order valence-corrected chi connectivity index (χ2v) is 8.90. The van der Waals surface area contributed by atoms with E-state index in [1.54, 1.807) is 7.11 Å². The van der Waals surface area contributed by atoms with E-state index >= 15 is 0 Å². The van der Waals surface area contributed by atoms with E-state index in [1.807, 2.05) is 0 Å². The van der Waals surface area contributed by atoms with Crippen molar-refractivity contribution in [2.75, 3.05) is 20.3 Å². The average Bonchev–Trinajstić information content (AvgIpc) is 2.70. The molecule has 3 heteroatoms. The van der Waals surface area contributed by atoms with E-state index in [1.165, 1.54) is 15.9 Å². The van der Waals surface area contributed by atoms with Crippen LogP contribution >= 0.6 is 6.89 Å². The molecule has 0 saturated carbocycles. The monoisotopic (exact) mass is 350 g/mol. The maximum absolute atomic E-state index is 6.00. The van der Waals surface area contributed by atoms with Crippen LogP contribution in [0.1, 0.15) is 0 Å². The lowest BCUT2D eigenvalue weighted by molar-refractivity contribution is 0.146. The molecule has 0 aliphatic heterocycles. The van der Waals surface area contributed by atoms with Gasteiger partial charge in [-0.15, -0.1) is 0 Å². The van der Waals surface area contributed by atoms with Gasteiger partial charge in [0.05, 0.1) is 13.2 Å². The standard InChI is InChI=1S/C22H23O2P/c1-23-17-18-24-19-25(20-11-5-2-6-12-20,21-13-7-3-8-14-21)22-15-9-4-10-16-22/h2-16,19H,17-18H2,1H3. The first-order chi connectivity index (χ1) is 12.4. The van der Waals surface area contributed by atoms with Gasteiger partial charge in [0.25, 0.3) is 0 Å². The topological polar surface area (TPSA) is 18.5 Å². The Bertz CT molecular complexity index is 711. The van der Waals surface area contributed by atoms with E-state index in [-0.39, 0.29) is 0 Å². The van der Waals surface area contributed by atoms with Crippen LogP contribution in [0.5, 0.6) is 0 Å². The second-order valence-electron chi connectivity index (χ2n) is 5.70. The molecule has 0 unspecified atom stereocenters. The third-order valence-electron chi connectivity index (χ3n) is 4.13. The third-order valence-corrected chi connectivity index (χ3v) is 7.93. The van der Waals surface area contributed by atoms with E-state index < -0.39 is 6.89 Å². The fourth-order valence-corrected chi connectivity index (χ4v) is 6.43. The lowest BCUT2D eigenvalue weighted by Crippen LogP contribution is -2.27. The van der Waals surface area contributed by atoms with E-state index in [4.69, 9.17) is 9.47 Å². The highest BCUT2D eigenvalue weighted by atomic mass is 31.2. The van der Waals surface area contributed by atoms with Crippen molar-refractivity contribution in [3.63, 3.8) is 0 Å². The predicted molar refractivity (Wildman–Crippen MR) is 109 cm³/mol. The van der Waals surface area contributed by atoms with Gasteiger partial charge in [-0.1, -0.05) is 91.0 Å². The Morgan fingerprint density at radius 1 is 0.640 bits per heavy atom. The maximum Gasteiger partial charge on any atom is 0.0759 e. The number of rotatable bonds is 7. The minimum absolute atomic E-state index is 0.546. The predicted octanol–water partition coefficient (Wildman–Crippen LogP) is 3.40. The SMILES string of the molecule is COCCOC=P(c1ccccc1)(c1ccccc1)c1ccccc1. The zero-order valence-electron chi connectivity index (χ0n) is 14.4. The van der Waals surface area contributed by atoms with Gasteiger partial charge in [0.2, 0.25) is 0 Å². The quantitative estimate of drug-likeness (QED) is 0.480. The van der Waals surface area contributed by atoms with Crippen molar-refractivity contribution < 1.29 is 9.47 Å². The van der Waals surface area contributed by atoms with Crippen LogP contribution in [0.4, 0.5) is 0 Å². The first-order valence-corrected chi connectivity index (χ1v) is 10.2. The Labute approximate surface area is 150 Å². The summed E-state index contributed by atoms with van der Waals surface area (Å²) in [6.07, 6.45) is 0. The molecule has 0 radical (unpaired) electrons. The van der Waals surface area contributed by atoms with Crippen LogP contribution in [0.15, 0.2) is 91.0 Å². The van der Waals surface area contributed by atoms with Crippen LogP contribution < -0.4 is 15.9 Å². The summed E-state index contributed by atoms with van der Waals surface area (Å²) in [7, 11) is 1.69. The van der Waals surface area contributed by atoms with Crippen LogP contribution in [-0.4, -0.2) is 26.3 Å². The molecule has 0 saturated heterocycles. The van der Waals surface area contributed by atoms with Gasteiger partial charge < -0.3 is 9.47 Å². The van der Waals surface area contributed by atoms with Gasteiger partial charge in [0, 0.05) is 13.1 Å². The summed E-state index contributed by atoms with van der Waals surface area (Å²) >= 11 is 0. The highest BCUT2D eigenvalue weighted by Crippen LogP contribution is 2.43. The van der Waals surface area contributed by atoms with Gasteiger partial charge in [0.15, 0.2) is 0 Å². The molecule has 0 amide bonds. The normalized spacial score (nSPS) is 11.2. The molecule has 0 atom stereocenters. The lowest BCUT2D eigenvalue weighted by atomic mass is 10.4. The number of hydrogen-bond acceptors (Lipinski definition) is 2. The van der Waals surface area contributed by atoms with Crippen LogP contribution in [0.2, 0.25) is 0 Å². The molecule has 0 aliphatic carbocycles. The summed E-state index contributed by atoms with van der Waals surface area (Å²) in [6, 6.07) is 31.9. The van der Waals surface area contributed by atoms with Crippen molar-refractivity contribution in [3.05, 3.63) is 91.0 Å². The Kier molecular flexibility index (Phi) is 6.25. The van der Waals surface area contributed by atoms with Crippen molar-refractivity contribution in [1.29, 1.82) is 0 Å². The Balaban J connectivity index is 2.24. The third kappa shape index (κ3) is 3.93. The molecule has 0 bridgehead atoms. The maximum atomic E-state index is 6.00. The fourth-order valence-electron chi connectivity index (χ4n) is 2.92. The number of hydrogen-bond donors (Lipinski definition) is 0. The molecule has 3 aromatic carbocycles. The van der Waals surface area contributed by atoms with Crippen molar-refractivity contribution >= 4 is 28.8 Å². The van der Waals surface area contributed by atoms with E-state index in [0.29, 0.717) is 13.2 Å². The van der Waals surface area contributed by atoms with Crippen molar-refractivity contribution in [2.45, 2.75) is 0 Å². The minimum Gasteiger partial charge on any atom is -0.382 e. The van der Waals surface area contributed by atoms with Gasteiger partial charge in [-0.05, 0) is 22.8 Å². The van der Waals surface area contributed by atoms with Gasteiger partial charge in [0.1, 0.15) is 0 Å². The highest BCUT2D eigenvalue weighted by Gasteiger charge is 2.25. The molecule has 0 N–H and O–H groups in total. The molecule has 3 rings (SSSR count). The van der Waals surface area contributed by atoms with Crippen LogP contribution in [0, 0.1) is 0 Å². The van der Waals surface area contributed by atoms with Gasteiger partial charge in [-0.2, -0.15) is 0 Å². The van der Waals surface area contributed by atoms with Crippen molar-refractivity contribution in [1.82, 2.24) is 0 Å². The molecule has 25 heavy (non-hydrogen) atoms. The number of benzene rings is 3. The zero-order chi connectivity index (χ0) is 17.4. The minimum atomic E-state index is -2.00. The first-order valence-electron chi connectivity index (χ1n) is 8.38. The van der Waals surface area contributed by atoms with Gasteiger partial charge >= 0.3 is 0 Å². The van der Waals surface area contributed by atoms with Gasteiger partial charge in [-0.25, -0.2) is 0 Å². The zero-order valence-corrected chi connectivity index (χ0v) is 15.3. The molecule has 128 valence electrons. The summed E-state index contributed by atoms with van der Waals surface area (Å²) in [6.45, 7) is -0.872. The molecular weight excluding hydrogens is 327 g/mol. The van der Waals surface area contributed by atoms with Crippen molar-refractivity contribution in [2.24, 2.45) is 0 Å². The Morgan fingerprint density at radius 2 is 1.04 bits per heavy atom. The molecule has 0 fully saturated rings. The fraction of sp³-hybridized carbons (Fsp3) is 0.136. The Hall–Kier alpha value is -2.12. The summed E-state index contributed by atoms with van der Waals surface area (Å²) in [5.74, 6) is 2.06. The average molecular weight is 350 g/mol. The largest absolute Gasteiger partial charge is 0.382 e. The summed E-state index contributed by atoms with van der Waals surface area (Å²) in [4.78, 5) is 0. The van der Waals surface area contributed by atoms with Crippen LogP contribution in [-0.2, 0) is 9.47 Å². The molecule has 0 aliphatic rings. The number of ether oxygens (including phenoxy) is 2. The highest BCUT2D eigenvalue weighted by molar-refractivity contribution is 7.94. The molecule has 3 aromatic rings. The van der Waals surface area contributed by atoms with Crippen LogP contribution in [0.25, 0.3) is 0 Å². The second kappa shape index (κ2) is 8.82. The summed E-state index contributed by atoms with van der Waals surface area (Å²) < 4.78 is 11.1. The molecule has 2 nitrogen and oxygen atoms in total. The Morgan fingerprint density at radius 3 is 1.40 bits per heavy atom. The summed E-state index contributed by atoms with van der Waals surface area (Å²) in [5, 5.41) is 3.85. The smallest absolute Gasteiger partial charge is 0.0759 e. The molecule has 0 heterocycles. The number of methoxy groups -OCH3 is 1.